The maximum Gasteiger partial charge on any atom is 0.246 e. The summed E-state index contributed by atoms with van der Waals surface area (Å²) in [6.45, 7) is 4.62. The van der Waals surface area contributed by atoms with E-state index in [9.17, 15) is 4.79 Å². The first-order chi connectivity index (χ1) is 16.0. The molecular weight excluding hydrogens is 477 g/mol. The van der Waals surface area contributed by atoms with Crippen LogP contribution < -0.4 is 5.32 Å². The highest BCUT2D eigenvalue weighted by Gasteiger charge is 2.17. The summed E-state index contributed by atoms with van der Waals surface area (Å²) in [5, 5.41) is 4.61. The highest BCUT2D eigenvalue weighted by molar-refractivity contribution is 7.99. The minimum Gasteiger partial charge on any atom is -0.382 e. The molecule has 1 amide bonds. The molecule has 0 aromatic heterocycles. The van der Waals surface area contributed by atoms with Crippen LogP contribution in [-0.4, -0.2) is 68.2 Å². The molecule has 0 saturated carbocycles. The van der Waals surface area contributed by atoms with Gasteiger partial charge in [0.15, 0.2) is 0 Å². The molecule has 0 unspecified atom stereocenters. The fraction of sp³-hybridized carbons (Fsp3) is 0.400. The van der Waals surface area contributed by atoms with Crippen molar-refractivity contribution in [2.75, 3.05) is 51.8 Å². The molecule has 2 aliphatic rings. The van der Waals surface area contributed by atoms with E-state index in [1.54, 1.807) is 28.8 Å². The van der Waals surface area contributed by atoms with Crippen LogP contribution in [0.4, 0.5) is 5.69 Å². The molecular formula is C25H29Cl2N3O2S. The van der Waals surface area contributed by atoms with Gasteiger partial charge >= 0.3 is 0 Å². The summed E-state index contributed by atoms with van der Waals surface area (Å²) >= 11 is 14.7. The highest BCUT2D eigenvalue weighted by atomic mass is 35.5. The summed E-state index contributed by atoms with van der Waals surface area (Å²) < 4.78 is 5.29. The molecule has 0 radical (unpaired) electrons. The second-order valence-corrected chi connectivity index (χ2v) is 10.3. The second kappa shape index (κ2) is 11.6. The number of hydrogen-bond acceptors (Lipinski definition) is 5. The lowest BCUT2D eigenvalue weighted by atomic mass is 10.1. The third-order valence-electron chi connectivity index (χ3n) is 5.96. The first-order valence-electron chi connectivity index (χ1n) is 11.3. The van der Waals surface area contributed by atoms with Crippen LogP contribution in [0.1, 0.15) is 18.4 Å². The van der Waals surface area contributed by atoms with Gasteiger partial charge in [0.25, 0.3) is 0 Å². The third kappa shape index (κ3) is 6.67. The number of rotatable bonds is 6. The molecule has 1 N–H and O–H groups in total. The van der Waals surface area contributed by atoms with E-state index < -0.39 is 0 Å². The van der Waals surface area contributed by atoms with Gasteiger partial charge in [0.05, 0.1) is 23.3 Å². The van der Waals surface area contributed by atoms with Crippen molar-refractivity contribution in [2.24, 2.45) is 0 Å². The minimum absolute atomic E-state index is 0.0436. The Morgan fingerprint density at radius 2 is 1.85 bits per heavy atom. The van der Waals surface area contributed by atoms with Gasteiger partial charge in [-0.3, -0.25) is 4.79 Å². The molecule has 2 aromatic carbocycles. The van der Waals surface area contributed by atoms with Gasteiger partial charge in [-0.2, -0.15) is 0 Å². The van der Waals surface area contributed by atoms with Crippen molar-refractivity contribution in [3.63, 3.8) is 0 Å². The lowest BCUT2D eigenvalue weighted by molar-refractivity contribution is -0.129. The van der Waals surface area contributed by atoms with Crippen LogP contribution in [0.2, 0.25) is 10.0 Å². The largest absolute Gasteiger partial charge is 0.382 e. The summed E-state index contributed by atoms with van der Waals surface area (Å²) in [5.74, 6) is -0.0436. The van der Waals surface area contributed by atoms with Crippen molar-refractivity contribution in [1.29, 1.82) is 0 Å². The number of benzene rings is 2. The molecule has 4 rings (SSSR count). The molecule has 176 valence electrons. The van der Waals surface area contributed by atoms with Gasteiger partial charge in [-0.15, -0.1) is 0 Å². The number of halogens is 2. The molecule has 0 spiro atoms. The molecule has 0 bridgehead atoms. The Labute approximate surface area is 210 Å². The summed E-state index contributed by atoms with van der Waals surface area (Å²) in [5.41, 5.74) is 1.85. The van der Waals surface area contributed by atoms with Crippen molar-refractivity contribution >= 4 is 52.6 Å². The lowest BCUT2D eigenvalue weighted by Gasteiger charge is -2.30. The van der Waals surface area contributed by atoms with Crippen molar-refractivity contribution in [3.8, 4) is 0 Å². The Balaban J connectivity index is 1.41. The fourth-order valence-electron chi connectivity index (χ4n) is 3.97. The number of likely N-dealkylation sites (tertiary alicyclic amines) is 1. The van der Waals surface area contributed by atoms with Gasteiger partial charge in [0.2, 0.25) is 5.91 Å². The van der Waals surface area contributed by atoms with E-state index in [1.807, 2.05) is 12.1 Å². The van der Waals surface area contributed by atoms with Crippen molar-refractivity contribution in [2.45, 2.75) is 28.7 Å². The topological polar surface area (TPSA) is 44.8 Å². The van der Waals surface area contributed by atoms with E-state index in [2.05, 4.69) is 41.5 Å². The summed E-state index contributed by atoms with van der Waals surface area (Å²) in [6.07, 6.45) is 5.58. The minimum atomic E-state index is -0.0436. The van der Waals surface area contributed by atoms with Crippen LogP contribution >= 0.6 is 35.0 Å². The van der Waals surface area contributed by atoms with Crippen molar-refractivity contribution in [3.05, 3.63) is 58.1 Å². The second-order valence-electron chi connectivity index (χ2n) is 8.40. The Bertz CT molecular complexity index is 1000. The maximum atomic E-state index is 12.4. The van der Waals surface area contributed by atoms with Gasteiger partial charge in [0, 0.05) is 40.7 Å². The number of hydrogen-bond donors (Lipinski definition) is 1. The molecule has 0 atom stereocenters. The Morgan fingerprint density at radius 1 is 1.09 bits per heavy atom. The van der Waals surface area contributed by atoms with Crippen molar-refractivity contribution < 1.29 is 9.53 Å². The standard InChI is InChI=1S/C25H29Cl2N3O2S/c1-29-11-9-19(10-12-29)28-20-3-2-4-21(17-20)33-22-7-5-18(24(26)25(22)27)6-8-23(31)30-13-15-32-16-14-30/h2-8,17,19,28H,9-16H2,1H3. The van der Waals surface area contributed by atoms with Gasteiger partial charge in [-0.05, 0) is 68.9 Å². The van der Waals surface area contributed by atoms with E-state index in [4.69, 9.17) is 27.9 Å². The molecule has 8 heteroatoms. The number of ether oxygens (including phenoxy) is 1. The Hall–Kier alpha value is -1.70. The number of carbonyl (C=O) groups excluding carboxylic acids is 1. The number of morpholine rings is 1. The number of nitrogens with one attached hydrogen (secondary N) is 1. The zero-order valence-electron chi connectivity index (χ0n) is 18.7. The Kier molecular flexibility index (Phi) is 8.61. The number of anilines is 1. The third-order valence-corrected chi connectivity index (χ3v) is 8.01. The zero-order valence-corrected chi connectivity index (χ0v) is 21.1. The molecule has 2 heterocycles. The quantitative estimate of drug-likeness (QED) is 0.523. The summed E-state index contributed by atoms with van der Waals surface area (Å²) in [6, 6.07) is 12.8. The van der Waals surface area contributed by atoms with Gasteiger partial charge < -0.3 is 19.9 Å². The summed E-state index contributed by atoms with van der Waals surface area (Å²) in [7, 11) is 2.17. The number of amides is 1. The number of piperidine rings is 1. The van der Waals surface area contributed by atoms with E-state index in [0.717, 1.165) is 47.0 Å². The molecule has 2 aliphatic heterocycles. The van der Waals surface area contributed by atoms with E-state index in [-0.39, 0.29) is 5.91 Å². The van der Waals surface area contributed by atoms with Crippen LogP contribution in [0.25, 0.3) is 6.08 Å². The average Bonchev–Trinajstić information content (AvgIpc) is 2.84. The smallest absolute Gasteiger partial charge is 0.246 e. The zero-order chi connectivity index (χ0) is 23.2. The van der Waals surface area contributed by atoms with E-state index in [0.29, 0.717) is 42.4 Å². The number of nitrogens with zero attached hydrogens (tertiary/aromatic N) is 2. The van der Waals surface area contributed by atoms with E-state index in [1.165, 1.54) is 0 Å². The number of carbonyl (C=O) groups is 1. The molecule has 2 saturated heterocycles. The van der Waals surface area contributed by atoms with Crippen LogP contribution in [0.15, 0.2) is 52.3 Å². The first-order valence-corrected chi connectivity index (χ1v) is 12.8. The highest BCUT2D eigenvalue weighted by Crippen LogP contribution is 2.40. The Morgan fingerprint density at radius 3 is 2.61 bits per heavy atom. The summed E-state index contributed by atoms with van der Waals surface area (Å²) in [4.78, 5) is 18.5. The molecule has 2 fully saturated rings. The predicted molar refractivity (Wildman–Crippen MR) is 138 cm³/mol. The fourth-order valence-corrected chi connectivity index (χ4v) is 5.46. The molecule has 0 aliphatic carbocycles. The van der Waals surface area contributed by atoms with Crippen molar-refractivity contribution in [1.82, 2.24) is 9.80 Å². The van der Waals surface area contributed by atoms with Gasteiger partial charge in [0.1, 0.15) is 0 Å². The SMILES string of the molecule is CN1CCC(Nc2cccc(Sc3ccc(C=CC(=O)N4CCOCC4)c(Cl)c3Cl)c2)CC1. The lowest BCUT2D eigenvalue weighted by Crippen LogP contribution is -2.39. The normalized spacial score (nSPS) is 18.1. The van der Waals surface area contributed by atoms with Crippen LogP contribution in [0, 0.1) is 0 Å². The van der Waals surface area contributed by atoms with Crippen LogP contribution in [0.5, 0.6) is 0 Å². The van der Waals surface area contributed by atoms with Gasteiger partial charge in [-0.25, -0.2) is 0 Å². The molecule has 5 nitrogen and oxygen atoms in total. The monoisotopic (exact) mass is 505 g/mol. The average molecular weight is 506 g/mol. The maximum absolute atomic E-state index is 12.4. The molecule has 2 aromatic rings. The molecule has 33 heavy (non-hydrogen) atoms. The predicted octanol–water partition coefficient (Wildman–Crippen LogP) is 5.52. The van der Waals surface area contributed by atoms with Crippen LogP contribution in [-0.2, 0) is 9.53 Å². The van der Waals surface area contributed by atoms with Gasteiger partial charge in [-0.1, -0.05) is 47.1 Å². The van der Waals surface area contributed by atoms with Crippen LogP contribution in [0.3, 0.4) is 0 Å². The van der Waals surface area contributed by atoms with E-state index >= 15 is 0 Å². The first kappa shape index (κ1) is 24.4.